The van der Waals surface area contributed by atoms with Crippen molar-refractivity contribution in [3.63, 3.8) is 0 Å². The maximum Gasteiger partial charge on any atom is 0.407 e. The number of nitrogens with zero attached hydrogens (tertiary/aromatic N) is 3. The Labute approximate surface area is 680 Å². The molecule has 115 heavy (non-hydrogen) atoms. The van der Waals surface area contributed by atoms with E-state index in [2.05, 4.69) is 84.3 Å². The van der Waals surface area contributed by atoms with Crippen LogP contribution in [0.5, 0.6) is 0 Å². The largest absolute Gasteiger partial charge is 0.446 e. The number of hydrogen-bond donors (Lipinski definition) is 4. The molecule has 10 saturated carbocycles. The first kappa shape index (κ1) is 82.6. The van der Waals surface area contributed by atoms with E-state index in [4.69, 9.17) is 41.7 Å². The van der Waals surface area contributed by atoms with Gasteiger partial charge in [0, 0.05) is 102 Å². The molecule has 12 aliphatic carbocycles. The van der Waals surface area contributed by atoms with Gasteiger partial charge in [0.05, 0.1) is 64.0 Å². The maximum absolute atomic E-state index is 12.6. The van der Waals surface area contributed by atoms with E-state index in [0.717, 1.165) is 224 Å². The minimum atomic E-state index is -0.696. The highest BCUT2D eigenvalue weighted by atomic mass is 16.6. The Morgan fingerprint density at radius 3 is 1.14 bits per heavy atom. The summed E-state index contributed by atoms with van der Waals surface area (Å²) < 4.78 is 49.7. The summed E-state index contributed by atoms with van der Waals surface area (Å²) in [7, 11) is 0. The molecule has 22 atom stereocenters. The van der Waals surface area contributed by atoms with Crippen LogP contribution in [0.3, 0.4) is 0 Å². The molecule has 0 unspecified atom stereocenters. The van der Waals surface area contributed by atoms with Crippen molar-refractivity contribution in [3.8, 4) is 0 Å². The van der Waals surface area contributed by atoms with Gasteiger partial charge in [-0.1, -0.05) is 64.8 Å². The average molecular weight is 1590 g/mol. The quantitative estimate of drug-likeness (QED) is 0.0814. The van der Waals surface area contributed by atoms with Crippen LogP contribution in [-0.4, -0.2) is 180 Å². The highest BCUT2D eigenvalue weighted by Gasteiger charge is 2.68. The van der Waals surface area contributed by atoms with Crippen LogP contribution < -0.4 is 32.8 Å². The Morgan fingerprint density at radius 1 is 0.409 bits per heavy atom. The van der Waals surface area contributed by atoms with Crippen molar-refractivity contribution >= 4 is 18.3 Å². The predicted molar refractivity (Wildman–Crippen MR) is 436 cm³/mol. The minimum absolute atomic E-state index is 0.0245. The summed E-state index contributed by atoms with van der Waals surface area (Å²) in [6.07, 6.45) is 36.3. The van der Waals surface area contributed by atoms with Crippen molar-refractivity contribution < 1.29 is 61.2 Å². The van der Waals surface area contributed by atoms with Gasteiger partial charge in [-0.15, -0.1) is 0 Å². The molecule has 632 valence electrons. The average Bonchev–Trinajstić information content (AvgIpc) is 1.60. The number of rotatable bonds is 15. The fraction of sp³-hybridized carbons (Fsp3) is 0.763. The lowest BCUT2D eigenvalue weighted by atomic mass is 9.43. The lowest BCUT2D eigenvalue weighted by Gasteiger charge is -2.63. The number of aliphatic hydroxyl groups is 1. The molecular weight excluding hydrogens is 1460 g/mol. The Kier molecular flexibility index (Phi) is 24.8. The minimum Gasteiger partial charge on any atom is -0.446 e. The summed E-state index contributed by atoms with van der Waals surface area (Å²) in [4.78, 5) is 79.2. The van der Waals surface area contributed by atoms with E-state index in [0.29, 0.717) is 95.6 Å². The number of alkyl carbamates (subject to hydrolysis) is 3. The Bertz CT molecular complexity index is 3910. The van der Waals surface area contributed by atoms with Gasteiger partial charge in [-0.3, -0.25) is 14.7 Å². The normalized spacial score (nSPS) is 40.0. The van der Waals surface area contributed by atoms with Gasteiger partial charge in [-0.05, 0) is 293 Å². The highest BCUT2D eigenvalue weighted by molar-refractivity contribution is 5.68. The summed E-state index contributed by atoms with van der Waals surface area (Å²) in [5, 5.41) is 21.3. The van der Waals surface area contributed by atoms with Gasteiger partial charge in [0.1, 0.15) is 18.3 Å². The number of carbonyl (C=O) groups is 3. The van der Waals surface area contributed by atoms with E-state index < -0.39 is 5.60 Å². The standard InChI is InChI=1S/C31H46N2O6.2C31H44N2O5/c1-29-10-7-23(39-28(35)32-13-14-33-15-17-37-18-16-33)19-22(29)4-5-26-25(29)8-11-30(2)24(9-12-31(26,30)36)21-3-6-27(34)38-20-21;2*1-30-11-9-23(38-29(35)32-13-14-33-15-17-36-18-16-33)19-22(30)4-5-24-26-7-6-25(21-3-8-28(34)37-20-21)31(26,2)12-10-27(24)30/h3,6,20,22-26,36H,4-5,7-19H2,1-2H3,(H,32,35);2*3,7-8,20,22-25,27H,4-6,9-19H2,1-2H3,(H,32,35)/t22-,23+,24-,25+,26-,29+,30-,31+;2*22-,23+,24+,25-,27+,30+,31-/m111/s1. The molecule has 3 amide bonds. The molecule has 18 rings (SSSR count). The van der Waals surface area contributed by atoms with Gasteiger partial charge >= 0.3 is 35.2 Å². The molecule has 22 nitrogen and oxygen atoms in total. The summed E-state index contributed by atoms with van der Waals surface area (Å²) in [6, 6.07) is 10.5. The third-order valence-corrected chi connectivity index (χ3v) is 34.4. The zero-order chi connectivity index (χ0) is 79.9. The Morgan fingerprint density at radius 2 is 0.765 bits per heavy atom. The summed E-state index contributed by atoms with van der Waals surface area (Å²) in [5.41, 5.74) is 6.05. The molecular formula is C93H134N6O16. The molecule has 0 spiro atoms. The van der Waals surface area contributed by atoms with Gasteiger partial charge < -0.3 is 62.7 Å². The lowest BCUT2D eigenvalue weighted by molar-refractivity contribution is -0.205. The number of carbonyl (C=O) groups excluding carboxylic acids is 3. The number of allylic oxidation sites excluding steroid dienone is 4. The van der Waals surface area contributed by atoms with Gasteiger partial charge in [-0.25, -0.2) is 28.8 Å². The van der Waals surface area contributed by atoms with E-state index in [-0.39, 0.29) is 81.0 Å². The number of hydrogen-bond acceptors (Lipinski definition) is 19. The van der Waals surface area contributed by atoms with Crippen molar-refractivity contribution in [1.29, 1.82) is 0 Å². The summed E-state index contributed by atoms with van der Waals surface area (Å²) in [6.45, 7) is 29.3. The van der Waals surface area contributed by atoms with E-state index >= 15 is 0 Å². The van der Waals surface area contributed by atoms with E-state index in [1.807, 2.05) is 18.2 Å². The van der Waals surface area contributed by atoms with Crippen molar-refractivity contribution in [1.82, 2.24) is 30.7 Å². The smallest absolute Gasteiger partial charge is 0.407 e. The van der Waals surface area contributed by atoms with Crippen LogP contribution in [0.1, 0.15) is 237 Å². The predicted octanol–water partition coefficient (Wildman–Crippen LogP) is 14.5. The van der Waals surface area contributed by atoms with Crippen LogP contribution in [0.2, 0.25) is 0 Å². The summed E-state index contributed by atoms with van der Waals surface area (Å²) >= 11 is 0. The van der Waals surface area contributed by atoms with Gasteiger partial charge in [0.25, 0.3) is 0 Å². The first-order valence-electron chi connectivity index (χ1n) is 45.1. The first-order valence-corrected chi connectivity index (χ1v) is 45.1. The number of nitrogens with one attached hydrogen (secondary N) is 3. The molecule has 0 radical (unpaired) electrons. The number of morpholine rings is 3. The molecule has 3 aromatic heterocycles. The molecule has 0 aromatic carbocycles. The van der Waals surface area contributed by atoms with Crippen molar-refractivity contribution in [2.24, 2.45) is 85.8 Å². The highest BCUT2D eigenvalue weighted by Crippen LogP contribution is 2.73. The Hall–Kier alpha value is -6.14. The van der Waals surface area contributed by atoms with Crippen molar-refractivity contribution in [3.05, 3.63) is 126 Å². The first-order chi connectivity index (χ1) is 55.5. The van der Waals surface area contributed by atoms with Crippen molar-refractivity contribution in [2.45, 2.75) is 244 Å². The van der Waals surface area contributed by atoms with Gasteiger partial charge in [-0.2, -0.15) is 0 Å². The van der Waals surface area contributed by atoms with Crippen molar-refractivity contribution in [2.75, 3.05) is 118 Å². The second-order valence-corrected chi connectivity index (χ2v) is 39.5. The maximum atomic E-state index is 12.6. The fourth-order valence-electron chi connectivity index (χ4n) is 27.9. The molecule has 4 N–H and O–H groups in total. The van der Waals surface area contributed by atoms with Crippen LogP contribution in [-0.2, 0) is 28.4 Å². The van der Waals surface area contributed by atoms with Gasteiger partial charge in [0.2, 0.25) is 0 Å². The van der Waals surface area contributed by atoms with Crippen LogP contribution >= 0.6 is 0 Å². The molecule has 6 heterocycles. The fourth-order valence-corrected chi connectivity index (χ4v) is 27.9. The van der Waals surface area contributed by atoms with Crippen LogP contribution in [0.25, 0.3) is 0 Å². The van der Waals surface area contributed by atoms with Crippen LogP contribution in [0.15, 0.2) is 106 Å². The number of amides is 3. The third kappa shape index (κ3) is 16.6. The van der Waals surface area contributed by atoms with Crippen LogP contribution in [0.4, 0.5) is 14.4 Å². The third-order valence-electron chi connectivity index (χ3n) is 34.4. The van der Waals surface area contributed by atoms with Crippen LogP contribution in [0, 0.1) is 85.8 Å². The molecule has 15 aliphatic rings. The van der Waals surface area contributed by atoms with E-state index in [9.17, 15) is 33.9 Å². The zero-order valence-corrected chi connectivity index (χ0v) is 69.8. The second kappa shape index (κ2) is 34.5. The lowest BCUT2D eigenvalue weighted by Crippen LogP contribution is -2.62. The topological polar surface area (TPSA) is 263 Å². The zero-order valence-electron chi connectivity index (χ0n) is 69.8. The summed E-state index contributed by atoms with van der Waals surface area (Å²) in [5.74, 6) is 6.27. The molecule has 13 fully saturated rings. The number of fused-ring (bicyclic) bond motifs is 15. The molecule has 22 heteroatoms. The second-order valence-electron chi connectivity index (χ2n) is 39.5. The number of ether oxygens (including phenoxy) is 6. The SMILES string of the molecule is C[C@]12CC[C@H](OC(=O)NCCN3CCOCC3)C[C@H]1CC[C@@H]1[C@@H]2CC[C@]2(C)[C@@H](c3ccc(=O)oc3)CC[C@]12O.C[C@]12CC[C@H](OC(=O)NCCN3CCOCC3)C[C@H]1CC[C@H]1C3=CC[C@H](c4ccc(=O)oc4)[C@@]3(C)CC[C@@H]12.C[C@]12CC[C@H](OC(=O)NCCN3CCOCC3)C[C@H]1CC[C@H]1C3=CC[C@H](c4ccc(=O)oc4)[C@@]3(C)CC[C@@H]12. The molecule has 3 aliphatic heterocycles. The molecule has 0 bridgehead atoms. The van der Waals surface area contributed by atoms with Gasteiger partial charge in [0.15, 0.2) is 0 Å². The Balaban J connectivity index is 0.000000130. The molecule has 3 aromatic rings. The monoisotopic (exact) mass is 1590 g/mol. The van der Waals surface area contributed by atoms with E-state index in [1.165, 1.54) is 57.4 Å². The van der Waals surface area contributed by atoms with E-state index in [1.54, 1.807) is 42.1 Å². The molecule has 3 saturated heterocycles.